The van der Waals surface area contributed by atoms with Crippen molar-refractivity contribution in [1.82, 2.24) is 15.6 Å². The highest BCUT2D eigenvalue weighted by atomic mass is 16.6. The van der Waals surface area contributed by atoms with Crippen LogP contribution in [0.25, 0.3) is 0 Å². The third kappa shape index (κ3) is 4.29. The van der Waals surface area contributed by atoms with Gasteiger partial charge in [0, 0.05) is 43.9 Å². The first-order chi connectivity index (χ1) is 8.93. The number of nitro groups is 1. The van der Waals surface area contributed by atoms with Gasteiger partial charge in [0.25, 0.3) is 5.69 Å². The smallest absolute Gasteiger partial charge is 0.278 e. The highest BCUT2D eigenvalue weighted by Crippen LogP contribution is 2.23. The van der Waals surface area contributed by atoms with Gasteiger partial charge in [0.1, 0.15) is 0 Å². The molecule has 0 aliphatic heterocycles. The fraction of sp³-hybridized carbons (Fsp3) is 0.500. The van der Waals surface area contributed by atoms with E-state index in [4.69, 9.17) is 0 Å². The number of hydrogen-bond donors (Lipinski definition) is 2. The van der Waals surface area contributed by atoms with Gasteiger partial charge in [-0.05, 0) is 13.8 Å². The summed E-state index contributed by atoms with van der Waals surface area (Å²) in [6.07, 6.45) is 1.51. The third-order valence-electron chi connectivity index (χ3n) is 2.73. The molecule has 1 rings (SSSR count). The van der Waals surface area contributed by atoms with Crippen molar-refractivity contribution in [2.75, 3.05) is 13.1 Å². The molecule has 7 nitrogen and oxygen atoms in total. The molecule has 0 spiro atoms. The maximum absolute atomic E-state index is 11.0. The van der Waals surface area contributed by atoms with Crippen LogP contribution in [-0.4, -0.2) is 28.9 Å². The number of pyridine rings is 1. The number of amides is 1. The summed E-state index contributed by atoms with van der Waals surface area (Å²) in [6.45, 7) is 6.36. The lowest BCUT2D eigenvalue weighted by Gasteiger charge is -2.09. The quantitative estimate of drug-likeness (QED) is 0.451. The first-order valence-electron chi connectivity index (χ1n) is 5.98. The number of nitrogens with one attached hydrogen (secondary N) is 2. The summed E-state index contributed by atoms with van der Waals surface area (Å²) in [7, 11) is 0. The molecule has 1 aromatic heterocycles. The summed E-state index contributed by atoms with van der Waals surface area (Å²) in [5.74, 6) is -0.0814. The number of hydrogen-bond acceptors (Lipinski definition) is 5. The van der Waals surface area contributed by atoms with Crippen molar-refractivity contribution in [3.63, 3.8) is 0 Å². The van der Waals surface area contributed by atoms with Crippen LogP contribution in [0.3, 0.4) is 0 Å². The van der Waals surface area contributed by atoms with E-state index in [2.05, 4.69) is 15.6 Å². The maximum atomic E-state index is 11.0. The Bertz CT molecular complexity index is 488. The van der Waals surface area contributed by atoms with Gasteiger partial charge in [0.2, 0.25) is 5.91 Å². The van der Waals surface area contributed by atoms with Gasteiger partial charge in [0.15, 0.2) is 0 Å². The molecule has 0 bridgehead atoms. The van der Waals surface area contributed by atoms with Gasteiger partial charge in [-0.1, -0.05) is 0 Å². The third-order valence-corrected chi connectivity index (χ3v) is 2.73. The van der Waals surface area contributed by atoms with Gasteiger partial charge < -0.3 is 10.6 Å². The van der Waals surface area contributed by atoms with Gasteiger partial charge in [-0.3, -0.25) is 19.9 Å². The van der Waals surface area contributed by atoms with Crippen LogP contribution in [0.2, 0.25) is 0 Å². The molecule has 1 amide bonds. The van der Waals surface area contributed by atoms with E-state index < -0.39 is 0 Å². The standard InChI is InChI=1S/C12H18N4O3/c1-8-6-15-11(9(2)12(8)16(18)19)7-13-4-5-14-10(3)17/h6,13H,4-5,7H2,1-3H3,(H,14,17). The van der Waals surface area contributed by atoms with Crippen LogP contribution in [0.4, 0.5) is 5.69 Å². The van der Waals surface area contributed by atoms with Crippen LogP contribution in [-0.2, 0) is 11.3 Å². The van der Waals surface area contributed by atoms with E-state index in [-0.39, 0.29) is 16.5 Å². The fourth-order valence-electron chi connectivity index (χ4n) is 1.76. The highest BCUT2D eigenvalue weighted by molar-refractivity contribution is 5.72. The second kappa shape index (κ2) is 6.79. The normalized spacial score (nSPS) is 10.3. The van der Waals surface area contributed by atoms with Gasteiger partial charge in [0.05, 0.1) is 10.6 Å². The van der Waals surface area contributed by atoms with Crippen LogP contribution in [0.5, 0.6) is 0 Å². The van der Waals surface area contributed by atoms with Crippen LogP contribution < -0.4 is 10.6 Å². The molecule has 0 aromatic carbocycles. The predicted molar refractivity (Wildman–Crippen MR) is 70.8 cm³/mol. The molecule has 19 heavy (non-hydrogen) atoms. The molecule has 1 heterocycles. The van der Waals surface area contributed by atoms with E-state index in [1.807, 2.05) is 0 Å². The first-order valence-corrected chi connectivity index (χ1v) is 5.98. The summed E-state index contributed by atoms with van der Waals surface area (Å²) in [6, 6.07) is 0. The summed E-state index contributed by atoms with van der Waals surface area (Å²) in [5, 5.41) is 16.7. The largest absolute Gasteiger partial charge is 0.355 e. The maximum Gasteiger partial charge on any atom is 0.278 e. The van der Waals surface area contributed by atoms with Crippen LogP contribution in [0.1, 0.15) is 23.7 Å². The predicted octanol–water partition coefficient (Wildman–Crippen LogP) is 0.832. The Labute approximate surface area is 111 Å². The lowest BCUT2D eigenvalue weighted by Crippen LogP contribution is -2.30. The lowest BCUT2D eigenvalue weighted by atomic mass is 10.1. The van der Waals surface area contributed by atoms with Gasteiger partial charge in [-0.2, -0.15) is 0 Å². The van der Waals surface area contributed by atoms with E-state index in [0.29, 0.717) is 36.5 Å². The number of carbonyl (C=O) groups is 1. The Hall–Kier alpha value is -2.02. The number of nitrogens with zero attached hydrogens (tertiary/aromatic N) is 2. The minimum absolute atomic E-state index is 0.0814. The van der Waals surface area contributed by atoms with Crippen molar-refractivity contribution in [1.29, 1.82) is 0 Å². The Balaban J connectivity index is 2.62. The zero-order chi connectivity index (χ0) is 14.4. The Morgan fingerprint density at radius 1 is 1.42 bits per heavy atom. The molecule has 0 unspecified atom stereocenters. The minimum atomic E-state index is -0.382. The van der Waals surface area contributed by atoms with Gasteiger partial charge in [-0.15, -0.1) is 0 Å². The minimum Gasteiger partial charge on any atom is -0.355 e. The second-order valence-electron chi connectivity index (χ2n) is 4.28. The van der Waals surface area contributed by atoms with Crippen molar-refractivity contribution < 1.29 is 9.72 Å². The zero-order valence-corrected chi connectivity index (χ0v) is 11.3. The molecule has 1 aromatic rings. The summed E-state index contributed by atoms with van der Waals surface area (Å²) in [4.78, 5) is 25.4. The van der Waals surface area contributed by atoms with Crippen LogP contribution >= 0.6 is 0 Å². The molecule has 2 N–H and O–H groups in total. The van der Waals surface area contributed by atoms with Crippen molar-refractivity contribution >= 4 is 11.6 Å². The topological polar surface area (TPSA) is 97.2 Å². The molecule has 0 saturated carbocycles. The van der Waals surface area contributed by atoms with Crippen LogP contribution in [0.15, 0.2) is 6.20 Å². The molecule has 0 radical (unpaired) electrons. The number of rotatable bonds is 6. The molecule has 7 heteroatoms. The van der Waals surface area contributed by atoms with Crippen molar-refractivity contribution in [3.05, 3.63) is 33.1 Å². The van der Waals surface area contributed by atoms with Gasteiger partial charge >= 0.3 is 0 Å². The Morgan fingerprint density at radius 2 is 2.11 bits per heavy atom. The lowest BCUT2D eigenvalue weighted by molar-refractivity contribution is -0.386. The molecule has 0 aliphatic carbocycles. The number of aromatic nitrogens is 1. The monoisotopic (exact) mass is 266 g/mol. The molecule has 104 valence electrons. The molecule has 0 fully saturated rings. The highest BCUT2D eigenvalue weighted by Gasteiger charge is 2.18. The zero-order valence-electron chi connectivity index (χ0n) is 11.3. The van der Waals surface area contributed by atoms with E-state index in [0.717, 1.165) is 0 Å². The Morgan fingerprint density at radius 3 is 2.68 bits per heavy atom. The molecular formula is C12H18N4O3. The first kappa shape index (κ1) is 15.0. The molecular weight excluding hydrogens is 248 g/mol. The Kier molecular flexibility index (Phi) is 5.37. The SMILES string of the molecule is CC(=O)NCCNCc1ncc(C)c([N+](=O)[O-])c1C. The molecule has 0 atom stereocenters. The number of carbonyl (C=O) groups excluding carboxylic acids is 1. The van der Waals surface area contributed by atoms with Crippen molar-refractivity contribution in [3.8, 4) is 0 Å². The van der Waals surface area contributed by atoms with Crippen molar-refractivity contribution in [2.45, 2.75) is 27.3 Å². The summed E-state index contributed by atoms with van der Waals surface area (Å²) < 4.78 is 0. The molecule has 0 saturated heterocycles. The van der Waals surface area contributed by atoms with Crippen molar-refractivity contribution in [2.24, 2.45) is 0 Å². The van der Waals surface area contributed by atoms with Crippen LogP contribution in [0, 0.1) is 24.0 Å². The van der Waals surface area contributed by atoms with E-state index in [1.165, 1.54) is 13.1 Å². The summed E-state index contributed by atoms with van der Waals surface area (Å²) >= 11 is 0. The van der Waals surface area contributed by atoms with Gasteiger partial charge in [-0.25, -0.2) is 0 Å². The van der Waals surface area contributed by atoms with E-state index in [9.17, 15) is 14.9 Å². The summed E-state index contributed by atoms with van der Waals surface area (Å²) in [5.41, 5.74) is 1.91. The average molecular weight is 266 g/mol. The average Bonchev–Trinajstić information content (AvgIpc) is 2.30. The molecule has 0 aliphatic rings. The van der Waals surface area contributed by atoms with E-state index >= 15 is 0 Å². The fourth-order valence-corrected chi connectivity index (χ4v) is 1.76. The number of aryl methyl sites for hydroxylation is 1. The van der Waals surface area contributed by atoms with E-state index in [1.54, 1.807) is 13.8 Å². The second-order valence-corrected chi connectivity index (χ2v) is 4.28.